The first kappa shape index (κ1) is 22.1. The molecule has 2 saturated heterocycles. The molecule has 0 amide bonds. The maximum atomic E-state index is 5.19. The average Bonchev–Trinajstić information content (AvgIpc) is 3.09. The summed E-state index contributed by atoms with van der Waals surface area (Å²) in [6.45, 7) is 9.67. The first-order valence-corrected chi connectivity index (χ1v) is 11.1. The second kappa shape index (κ2) is 11.5. The summed E-state index contributed by atoms with van der Waals surface area (Å²) < 4.78 is 5.19. The number of methoxy groups -OCH3 is 1. The van der Waals surface area contributed by atoms with Crippen LogP contribution in [0.25, 0.3) is 0 Å². The number of nitrogens with zero attached hydrogens (tertiary/aromatic N) is 3. The average molecular weight is 402 g/mol. The normalized spacial score (nSPS) is 24.7. The molecule has 6 heteroatoms. The standard InChI is InChI=1S/C23H39N5O/c1-19-15-22(18-28(19)17-21-7-5-4-6-8-21)26-23(24-2)25-16-20-9-11-27(12-10-20)13-14-29-3/h4-8,19-20,22H,9-18H2,1-3H3,(H2,24,25,26). The van der Waals surface area contributed by atoms with Crippen molar-refractivity contribution in [3.63, 3.8) is 0 Å². The van der Waals surface area contributed by atoms with Crippen LogP contribution in [0.2, 0.25) is 0 Å². The maximum absolute atomic E-state index is 5.19. The molecule has 0 aliphatic carbocycles. The summed E-state index contributed by atoms with van der Waals surface area (Å²) in [5.74, 6) is 1.68. The van der Waals surface area contributed by atoms with Crippen molar-refractivity contribution in [1.82, 2.24) is 20.4 Å². The maximum Gasteiger partial charge on any atom is 0.191 e. The highest BCUT2D eigenvalue weighted by molar-refractivity contribution is 5.80. The van der Waals surface area contributed by atoms with E-state index in [0.29, 0.717) is 12.1 Å². The summed E-state index contributed by atoms with van der Waals surface area (Å²) in [6, 6.07) is 11.8. The summed E-state index contributed by atoms with van der Waals surface area (Å²) in [6.07, 6.45) is 3.66. The van der Waals surface area contributed by atoms with Gasteiger partial charge < -0.3 is 20.3 Å². The van der Waals surface area contributed by atoms with Gasteiger partial charge in [-0.1, -0.05) is 30.3 Å². The molecule has 2 fully saturated rings. The van der Waals surface area contributed by atoms with Crippen LogP contribution in [0.15, 0.2) is 35.3 Å². The first-order valence-electron chi connectivity index (χ1n) is 11.1. The minimum absolute atomic E-state index is 0.454. The topological polar surface area (TPSA) is 52.1 Å². The van der Waals surface area contributed by atoms with E-state index in [1.165, 1.54) is 31.5 Å². The highest BCUT2D eigenvalue weighted by atomic mass is 16.5. The summed E-state index contributed by atoms with van der Waals surface area (Å²) in [5.41, 5.74) is 1.39. The number of aliphatic imine (C=N–C) groups is 1. The van der Waals surface area contributed by atoms with Crippen molar-refractivity contribution in [2.75, 3.05) is 53.5 Å². The Kier molecular flexibility index (Phi) is 8.77. The van der Waals surface area contributed by atoms with Crippen molar-refractivity contribution in [2.24, 2.45) is 10.9 Å². The predicted octanol–water partition coefficient (Wildman–Crippen LogP) is 2.17. The van der Waals surface area contributed by atoms with E-state index in [9.17, 15) is 0 Å². The Morgan fingerprint density at radius 1 is 1.21 bits per heavy atom. The van der Waals surface area contributed by atoms with Gasteiger partial charge in [0.05, 0.1) is 6.61 Å². The number of hydrogen-bond donors (Lipinski definition) is 2. The molecule has 6 nitrogen and oxygen atoms in total. The fraction of sp³-hybridized carbons (Fsp3) is 0.696. The minimum atomic E-state index is 0.454. The Morgan fingerprint density at radius 2 is 1.97 bits per heavy atom. The van der Waals surface area contributed by atoms with Gasteiger partial charge in [-0.2, -0.15) is 0 Å². The predicted molar refractivity (Wildman–Crippen MR) is 120 cm³/mol. The van der Waals surface area contributed by atoms with Crippen LogP contribution in [0, 0.1) is 5.92 Å². The van der Waals surface area contributed by atoms with E-state index in [4.69, 9.17) is 4.74 Å². The molecular formula is C23H39N5O. The van der Waals surface area contributed by atoms with Crippen LogP contribution in [-0.4, -0.2) is 81.3 Å². The van der Waals surface area contributed by atoms with Gasteiger partial charge in [0.25, 0.3) is 0 Å². The second-order valence-corrected chi connectivity index (χ2v) is 8.57. The molecule has 162 valence electrons. The van der Waals surface area contributed by atoms with Crippen LogP contribution in [0.4, 0.5) is 0 Å². The smallest absolute Gasteiger partial charge is 0.191 e. The van der Waals surface area contributed by atoms with Gasteiger partial charge in [0.1, 0.15) is 0 Å². The highest BCUT2D eigenvalue weighted by Gasteiger charge is 2.29. The van der Waals surface area contributed by atoms with E-state index in [1.807, 2.05) is 7.05 Å². The zero-order valence-electron chi connectivity index (χ0n) is 18.4. The summed E-state index contributed by atoms with van der Waals surface area (Å²) in [7, 11) is 3.66. The molecule has 2 N–H and O–H groups in total. The van der Waals surface area contributed by atoms with Gasteiger partial charge in [0.15, 0.2) is 5.96 Å². The number of benzene rings is 1. The third-order valence-corrected chi connectivity index (χ3v) is 6.37. The summed E-state index contributed by atoms with van der Waals surface area (Å²) in [4.78, 5) is 9.55. The molecule has 2 atom stereocenters. The van der Waals surface area contributed by atoms with Crippen LogP contribution < -0.4 is 10.6 Å². The Bertz CT molecular complexity index is 615. The molecule has 2 aliphatic heterocycles. The molecule has 3 rings (SSSR count). The molecule has 2 unspecified atom stereocenters. The Balaban J connectivity index is 1.38. The number of hydrogen-bond acceptors (Lipinski definition) is 4. The van der Waals surface area contributed by atoms with E-state index in [1.54, 1.807) is 7.11 Å². The Labute approximate surface area is 176 Å². The third-order valence-electron chi connectivity index (χ3n) is 6.37. The van der Waals surface area contributed by atoms with Gasteiger partial charge >= 0.3 is 0 Å². The molecule has 29 heavy (non-hydrogen) atoms. The van der Waals surface area contributed by atoms with Crippen molar-refractivity contribution in [1.29, 1.82) is 0 Å². The van der Waals surface area contributed by atoms with Gasteiger partial charge in [0, 0.05) is 52.4 Å². The van der Waals surface area contributed by atoms with E-state index >= 15 is 0 Å². The lowest BCUT2D eigenvalue weighted by atomic mass is 9.97. The van der Waals surface area contributed by atoms with E-state index < -0.39 is 0 Å². The fourth-order valence-corrected chi connectivity index (χ4v) is 4.50. The van der Waals surface area contributed by atoms with E-state index in [0.717, 1.165) is 51.1 Å². The molecule has 0 aromatic heterocycles. The molecule has 0 saturated carbocycles. The lowest BCUT2D eigenvalue weighted by Gasteiger charge is -2.32. The Morgan fingerprint density at radius 3 is 2.66 bits per heavy atom. The quantitative estimate of drug-likeness (QED) is 0.517. The molecule has 2 heterocycles. The zero-order valence-corrected chi connectivity index (χ0v) is 18.4. The van der Waals surface area contributed by atoms with Crippen LogP contribution in [0.5, 0.6) is 0 Å². The molecule has 1 aromatic carbocycles. The zero-order chi connectivity index (χ0) is 20.5. The number of guanidine groups is 1. The van der Waals surface area contributed by atoms with E-state index in [2.05, 4.69) is 62.7 Å². The second-order valence-electron chi connectivity index (χ2n) is 8.57. The third kappa shape index (κ3) is 6.98. The van der Waals surface area contributed by atoms with Gasteiger partial charge in [-0.3, -0.25) is 9.89 Å². The lowest BCUT2D eigenvalue weighted by Crippen LogP contribution is -2.47. The van der Waals surface area contributed by atoms with Crippen LogP contribution in [-0.2, 0) is 11.3 Å². The van der Waals surface area contributed by atoms with Crippen molar-refractivity contribution in [3.8, 4) is 0 Å². The molecule has 1 aromatic rings. The van der Waals surface area contributed by atoms with Crippen molar-refractivity contribution < 1.29 is 4.74 Å². The van der Waals surface area contributed by atoms with Crippen molar-refractivity contribution in [2.45, 2.75) is 44.8 Å². The van der Waals surface area contributed by atoms with Gasteiger partial charge in [0.2, 0.25) is 0 Å². The monoisotopic (exact) mass is 401 g/mol. The SMILES string of the molecule is CN=C(NCC1CCN(CCOC)CC1)NC1CC(C)N(Cc2ccccc2)C1. The highest BCUT2D eigenvalue weighted by Crippen LogP contribution is 2.20. The van der Waals surface area contributed by atoms with E-state index in [-0.39, 0.29) is 0 Å². The number of nitrogens with one attached hydrogen (secondary N) is 2. The van der Waals surface area contributed by atoms with Crippen LogP contribution in [0.1, 0.15) is 31.7 Å². The van der Waals surface area contributed by atoms with Gasteiger partial charge in [-0.25, -0.2) is 0 Å². The molecule has 0 spiro atoms. The minimum Gasteiger partial charge on any atom is -0.383 e. The van der Waals surface area contributed by atoms with Crippen LogP contribution in [0.3, 0.4) is 0 Å². The largest absolute Gasteiger partial charge is 0.383 e. The van der Waals surface area contributed by atoms with Crippen LogP contribution >= 0.6 is 0 Å². The summed E-state index contributed by atoms with van der Waals surface area (Å²) >= 11 is 0. The summed E-state index contributed by atoms with van der Waals surface area (Å²) in [5, 5.41) is 7.24. The van der Waals surface area contributed by atoms with Gasteiger partial charge in [-0.05, 0) is 50.8 Å². The number of rotatable bonds is 8. The molecular weight excluding hydrogens is 362 g/mol. The lowest BCUT2D eigenvalue weighted by molar-refractivity contribution is 0.121. The fourth-order valence-electron chi connectivity index (χ4n) is 4.50. The van der Waals surface area contributed by atoms with Gasteiger partial charge in [-0.15, -0.1) is 0 Å². The van der Waals surface area contributed by atoms with Crippen molar-refractivity contribution in [3.05, 3.63) is 35.9 Å². The number of piperidine rings is 1. The first-order chi connectivity index (χ1) is 14.2. The Hall–Kier alpha value is -1.63. The number of likely N-dealkylation sites (tertiary alicyclic amines) is 2. The van der Waals surface area contributed by atoms with Crippen molar-refractivity contribution >= 4 is 5.96 Å². The molecule has 0 bridgehead atoms. The molecule has 0 radical (unpaired) electrons. The molecule has 2 aliphatic rings. The number of ether oxygens (including phenoxy) is 1.